The maximum atomic E-state index is 10.0. The molecule has 8 nitrogen and oxygen atoms in total. The Bertz CT molecular complexity index is 864. The number of amidine groups is 1. The Morgan fingerprint density at radius 1 is 1.16 bits per heavy atom. The molecule has 1 saturated heterocycles. The number of rotatable bonds is 3. The van der Waals surface area contributed by atoms with Crippen LogP contribution in [0.25, 0.3) is 0 Å². The van der Waals surface area contributed by atoms with Crippen LogP contribution in [0.5, 0.6) is 11.5 Å². The van der Waals surface area contributed by atoms with Gasteiger partial charge in [0.1, 0.15) is 11.3 Å². The van der Waals surface area contributed by atoms with Crippen molar-refractivity contribution in [1.29, 1.82) is 10.5 Å². The maximum Gasteiger partial charge on any atom is 0.293 e. The molecular weight excluding hydrogens is 324 g/mol. The number of hydrogen-bond donors (Lipinski definition) is 1. The molecule has 2 fully saturated rings. The third kappa shape index (κ3) is 1.50. The molecule has 1 saturated carbocycles. The van der Waals surface area contributed by atoms with E-state index in [-0.39, 0.29) is 5.84 Å². The van der Waals surface area contributed by atoms with Crippen molar-refractivity contribution in [3.63, 3.8) is 0 Å². The van der Waals surface area contributed by atoms with Crippen molar-refractivity contribution >= 4 is 5.84 Å². The normalized spacial score (nSPS) is 33.9. The standard InChI is InChI=1S/C17H16N4O4/c1-22-11-4-3-10(7-12(11)23-2)13-15(8-18)14(20)21-17(16(13,15)9-19)24-5-6-25-17/h3-4,7,13H,5-6H2,1-2H3,(H2,20,21)/t13-,15-,16-/m1/s1. The number of benzene rings is 1. The van der Waals surface area contributed by atoms with Gasteiger partial charge < -0.3 is 24.7 Å². The van der Waals surface area contributed by atoms with Crippen LogP contribution in [0.4, 0.5) is 0 Å². The topological polar surface area (TPSA) is 123 Å². The van der Waals surface area contributed by atoms with E-state index in [0.29, 0.717) is 24.7 Å². The molecule has 128 valence electrons. The van der Waals surface area contributed by atoms with Crippen LogP contribution in [0.1, 0.15) is 11.5 Å². The maximum absolute atomic E-state index is 10.0. The second-order valence-electron chi connectivity index (χ2n) is 6.16. The molecule has 0 radical (unpaired) electrons. The minimum absolute atomic E-state index is 0.0678. The van der Waals surface area contributed by atoms with Gasteiger partial charge in [-0.1, -0.05) is 6.07 Å². The first-order valence-corrected chi connectivity index (χ1v) is 7.75. The molecule has 3 aliphatic rings. The third-order valence-electron chi connectivity index (χ3n) is 5.35. The second kappa shape index (κ2) is 4.85. The highest BCUT2D eigenvalue weighted by Gasteiger charge is 2.94. The van der Waals surface area contributed by atoms with E-state index in [1.54, 1.807) is 18.2 Å². The van der Waals surface area contributed by atoms with Crippen LogP contribution < -0.4 is 15.2 Å². The van der Waals surface area contributed by atoms with Crippen LogP contribution in [0.15, 0.2) is 23.2 Å². The lowest BCUT2D eigenvalue weighted by Crippen LogP contribution is -2.38. The monoisotopic (exact) mass is 340 g/mol. The van der Waals surface area contributed by atoms with Crippen molar-refractivity contribution in [1.82, 2.24) is 0 Å². The number of nitrogens with zero attached hydrogens (tertiary/aromatic N) is 3. The molecule has 0 bridgehead atoms. The van der Waals surface area contributed by atoms with Crippen molar-refractivity contribution in [2.75, 3.05) is 27.4 Å². The van der Waals surface area contributed by atoms with Gasteiger partial charge in [0, 0.05) is 5.92 Å². The summed E-state index contributed by atoms with van der Waals surface area (Å²) in [6, 6.07) is 9.72. The lowest BCUT2D eigenvalue weighted by atomic mass is 9.94. The number of ether oxygens (including phenoxy) is 4. The second-order valence-corrected chi connectivity index (χ2v) is 6.16. The molecule has 2 heterocycles. The fourth-order valence-corrected chi connectivity index (χ4v) is 4.25. The van der Waals surface area contributed by atoms with Crippen molar-refractivity contribution in [3.05, 3.63) is 23.8 Å². The van der Waals surface area contributed by atoms with E-state index < -0.39 is 22.7 Å². The molecule has 0 aromatic heterocycles. The Labute approximate surface area is 144 Å². The average molecular weight is 340 g/mol. The Balaban J connectivity index is 1.89. The van der Waals surface area contributed by atoms with Gasteiger partial charge in [-0.2, -0.15) is 10.5 Å². The quantitative estimate of drug-likeness (QED) is 0.866. The van der Waals surface area contributed by atoms with Gasteiger partial charge >= 0.3 is 0 Å². The highest BCUT2D eigenvalue weighted by molar-refractivity contribution is 6.00. The van der Waals surface area contributed by atoms with Gasteiger partial charge in [-0.25, -0.2) is 4.99 Å². The summed E-state index contributed by atoms with van der Waals surface area (Å²) < 4.78 is 22.0. The van der Waals surface area contributed by atoms with Crippen molar-refractivity contribution < 1.29 is 18.9 Å². The number of aliphatic imine (C=N–C) groups is 1. The Morgan fingerprint density at radius 2 is 1.84 bits per heavy atom. The van der Waals surface area contributed by atoms with E-state index in [1.165, 1.54) is 14.2 Å². The van der Waals surface area contributed by atoms with Gasteiger partial charge in [0.15, 0.2) is 16.9 Å². The number of fused-ring (bicyclic) bond motifs is 2. The molecule has 1 spiro atoms. The van der Waals surface area contributed by atoms with E-state index in [9.17, 15) is 10.5 Å². The molecule has 2 N–H and O–H groups in total. The lowest BCUT2D eigenvalue weighted by molar-refractivity contribution is -0.184. The molecule has 1 aromatic rings. The van der Waals surface area contributed by atoms with Crippen LogP contribution in [0.2, 0.25) is 0 Å². The minimum Gasteiger partial charge on any atom is -0.493 e. The van der Waals surface area contributed by atoms with Crippen molar-refractivity contribution in [3.8, 4) is 23.6 Å². The van der Waals surface area contributed by atoms with E-state index in [1.807, 2.05) is 0 Å². The first-order chi connectivity index (χ1) is 12.1. The molecule has 1 aliphatic carbocycles. The molecule has 8 heteroatoms. The fourth-order valence-electron chi connectivity index (χ4n) is 4.25. The summed E-state index contributed by atoms with van der Waals surface area (Å²) >= 11 is 0. The summed E-state index contributed by atoms with van der Waals surface area (Å²) in [5.74, 6) is -0.939. The first kappa shape index (κ1) is 15.7. The Kier molecular flexibility index (Phi) is 3.05. The van der Waals surface area contributed by atoms with Gasteiger partial charge in [-0.05, 0) is 17.7 Å². The van der Waals surface area contributed by atoms with E-state index >= 15 is 0 Å². The fraction of sp³-hybridized carbons (Fsp3) is 0.471. The van der Waals surface area contributed by atoms with E-state index in [2.05, 4.69) is 17.1 Å². The molecule has 1 aromatic carbocycles. The molecule has 25 heavy (non-hydrogen) atoms. The predicted octanol–water partition coefficient (Wildman–Crippen LogP) is 0.892. The Morgan fingerprint density at radius 3 is 2.40 bits per heavy atom. The number of nitrogens with two attached hydrogens (primary N) is 1. The van der Waals surface area contributed by atoms with Crippen LogP contribution in [-0.4, -0.2) is 39.2 Å². The largest absolute Gasteiger partial charge is 0.493 e. The Hall–Kier alpha value is -2.81. The minimum atomic E-state index is -1.53. The summed E-state index contributed by atoms with van der Waals surface area (Å²) in [6.45, 7) is 0.584. The van der Waals surface area contributed by atoms with Gasteiger partial charge in [-0.15, -0.1) is 0 Å². The van der Waals surface area contributed by atoms with Crippen LogP contribution in [0, 0.1) is 33.5 Å². The van der Waals surface area contributed by atoms with Gasteiger partial charge in [0.25, 0.3) is 5.91 Å². The number of hydrogen-bond acceptors (Lipinski definition) is 8. The number of nitriles is 2. The molecule has 0 unspecified atom stereocenters. The predicted molar refractivity (Wildman–Crippen MR) is 84.6 cm³/mol. The van der Waals surface area contributed by atoms with E-state index in [0.717, 1.165) is 5.56 Å². The van der Waals surface area contributed by atoms with Gasteiger partial charge in [0.2, 0.25) is 0 Å². The SMILES string of the molecule is COc1ccc([C@@H]2[C@]3(C#N)C(N)=NC4(OCCO4)[C@]23C#N)cc1OC. The van der Waals surface area contributed by atoms with E-state index in [4.69, 9.17) is 24.7 Å². The van der Waals surface area contributed by atoms with Crippen LogP contribution in [-0.2, 0) is 9.47 Å². The van der Waals surface area contributed by atoms with Gasteiger partial charge in [-0.3, -0.25) is 0 Å². The third-order valence-corrected chi connectivity index (χ3v) is 5.35. The summed E-state index contributed by atoms with van der Waals surface area (Å²) in [7, 11) is 3.06. The zero-order chi connectivity index (χ0) is 17.9. The first-order valence-electron chi connectivity index (χ1n) is 7.75. The van der Waals surface area contributed by atoms with Crippen molar-refractivity contribution in [2.24, 2.45) is 21.6 Å². The zero-order valence-electron chi connectivity index (χ0n) is 13.8. The highest BCUT2D eigenvalue weighted by Crippen LogP contribution is 2.82. The molecule has 4 rings (SSSR count). The summed E-state index contributed by atoms with van der Waals surface area (Å²) in [6.07, 6.45) is 0. The average Bonchev–Trinajstić information content (AvgIpc) is 2.89. The zero-order valence-corrected chi connectivity index (χ0v) is 13.8. The lowest BCUT2D eigenvalue weighted by Gasteiger charge is -2.25. The molecule has 0 amide bonds. The molecule has 3 atom stereocenters. The smallest absolute Gasteiger partial charge is 0.293 e. The van der Waals surface area contributed by atoms with Gasteiger partial charge in [0.05, 0.1) is 39.6 Å². The molecule has 2 aliphatic heterocycles. The summed E-state index contributed by atoms with van der Waals surface area (Å²) in [4.78, 5) is 4.24. The van der Waals surface area contributed by atoms with Crippen LogP contribution in [0.3, 0.4) is 0 Å². The highest BCUT2D eigenvalue weighted by atomic mass is 16.8. The summed E-state index contributed by atoms with van der Waals surface area (Å²) in [5, 5.41) is 19.9. The number of methoxy groups -OCH3 is 2. The van der Waals surface area contributed by atoms with Crippen LogP contribution >= 0.6 is 0 Å². The van der Waals surface area contributed by atoms with Crippen molar-refractivity contribution in [2.45, 2.75) is 11.8 Å². The molecular formula is C17H16N4O4. The summed E-state index contributed by atoms with van der Waals surface area (Å²) in [5.41, 5.74) is 4.20.